The minimum atomic E-state index is -0.308. The summed E-state index contributed by atoms with van der Waals surface area (Å²) in [6, 6.07) is 6.17. The maximum absolute atomic E-state index is 9.16. The SMILES string of the molecule is Cc1ccc(C#CC2CC2)cc1C/C(=N\CO)C1=NOCCO1. The number of oxime groups is 1. The molecule has 2 aliphatic rings. The molecule has 5 nitrogen and oxygen atoms in total. The molecular formula is C18H20N2O3. The van der Waals surface area contributed by atoms with Crippen LogP contribution in [0.5, 0.6) is 0 Å². The van der Waals surface area contributed by atoms with E-state index in [1.165, 1.54) is 12.8 Å². The first-order valence-electron chi connectivity index (χ1n) is 7.84. The Kier molecular flexibility index (Phi) is 4.94. The van der Waals surface area contributed by atoms with Gasteiger partial charge in [-0.2, -0.15) is 0 Å². The third-order valence-corrected chi connectivity index (χ3v) is 3.77. The molecule has 0 unspecified atom stereocenters. The zero-order valence-electron chi connectivity index (χ0n) is 13.2. The Bertz CT molecular complexity index is 694. The smallest absolute Gasteiger partial charge is 0.272 e. The second-order valence-electron chi connectivity index (χ2n) is 5.69. The molecule has 1 heterocycles. The average Bonchev–Trinajstić information content (AvgIpc) is 3.40. The molecule has 0 spiro atoms. The van der Waals surface area contributed by atoms with Gasteiger partial charge in [0.05, 0.1) is 0 Å². The lowest BCUT2D eigenvalue weighted by atomic mass is 10.00. The van der Waals surface area contributed by atoms with Crippen molar-refractivity contribution >= 4 is 11.6 Å². The van der Waals surface area contributed by atoms with Gasteiger partial charge < -0.3 is 14.7 Å². The Morgan fingerprint density at radius 3 is 2.96 bits per heavy atom. The lowest BCUT2D eigenvalue weighted by molar-refractivity contribution is 0.0674. The molecular weight excluding hydrogens is 292 g/mol. The van der Waals surface area contributed by atoms with Crippen LogP contribution in [0.1, 0.15) is 29.5 Å². The molecule has 120 valence electrons. The van der Waals surface area contributed by atoms with E-state index in [9.17, 15) is 0 Å². The summed E-state index contributed by atoms with van der Waals surface area (Å²) in [5.74, 6) is 7.43. The topological polar surface area (TPSA) is 63.4 Å². The third-order valence-electron chi connectivity index (χ3n) is 3.77. The number of nitrogens with zero attached hydrogens (tertiary/aromatic N) is 2. The molecule has 1 fully saturated rings. The van der Waals surface area contributed by atoms with Gasteiger partial charge in [0.15, 0.2) is 6.61 Å². The van der Waals surface area contributed by atoms with Crippen LogP contribution in [0.25, 0.3) is 0 Å². The van der Waals surface area contributed by atoms with Crippen LogP contribution in [-0.2, 0) is 16.0 Å². The van der Waals surface area contributed by atoms with Crippen molar-refractivity contribution in [2.45, 2.75) is 26.2 Å². The van der Waals surface area contributed by atoms with Gasteiger partial charge in [-0.1, -0.05) is 17.9 Å². The highest BCUT2D eigenvalue weighted by atomic mass is 16.7. The molecule has 1 aliphatic carbocycles. The van der Waals surface area contributed by atoms with Gasteiger partial charge in [0.2, 0.25) is 0 Å². The standard InChI is InChI=1S/C18H20N2O3/c1-13-2-3-15(7-6-14-4-5-14)10-16(13)11-17(19-12-21)18-20-23-9-8-22-18/h2-3,10,14,21H,4-5,8-9,11-12H2,1H3/b19-17+. The largest absolute Gasteiger partial charge is 0.471 e. The highest BCUT2D eigenvalue weighted by Gasteiger charge is 2.18. The zero-order valence-corrected chi connectivity index (χ0v) is 13.2. The number of benzene rings is 1. The van der Waals surface area contributed by atoms with Crippen molar-refractivity contribution in [3.63, 3.8) is 0 Å². The summed E-state index contributed by atoms with van der Waals surface area (Å²) in [7, 11) is 0. The van der Waals surface area contributed by atoms with Crippen LogP contribution in [0, 0.1) is 24.7 Å². The fraction of sp³-hybridized carbons (Fsp3) is 0.444. The average molecular weight is 312 g/mol. The number of aliphatic hydroxyl groups is 1. The monoisotopic (exact) mass is 312 g/mol. The van der Waals surface area contributed by atoms with Gasteiger partial charge in [-0.3, -0.25) is 4.99 Å². The van der Waals surface area contributed by atoms with Crippen LogP contribution in [0.15, 0.2) is 28.3 Å². The van der Waals surface area contributed by atoms with Crippen LogP contribution >= 0.6 is 0 Å². The van der Waals surface area contributed by atoms with E-state index in [2.05, 4.69) is 34.1 Å². The molecule has 0 aromatic heterocycles. The maximum Gasteiger partial charge on any atom is 0.272 e. The van der Waals surface area contributed by atoms with E-state index < -0.39 is 0 Å². The number of ether oxygens (including phenoxy) is 1. The summed E-state index contributed by atoms with van der Waals surface area (Å²) >= 11 is 0. The first kappa shape index (κ1) is 15.6. The van der Waals surface area contributed by atoms with Crippen LogP contribution in [0.4, 0.5) is 0 Å². The number of hydrogen-bond acceptors (Lipinski definition) is 5. The van der Waals surface area contributed by atoms with E-state index >= 15 is 0 Å². The van der Waals surface area contributed by atoms with Crippen LogP contribution in [-0.4, -0.2) is 36.7 Å². The van der Waals surface area contributed by atoms with E-state index in [1.54, 1.807) is 0 Å². The molecule has 23 heavy (non-hydrogen) atoms. The van der Waals surface area contributed by atoms with E-state index in [0.717, 1.165) is 16.7 Å². The Balaban J connectivity index is 1.81. The van der Waals surface area contributed by atoms with Crippen molar-refractivity contribution in [3.05, 3.63) is 34.9 Å². The second-order valence-corrected chi connectivity index (χ2v) is 5.69. The van der Waals surface area contributed by atoms with E-state index in [-0.39, 0.29) is 6.73 Å². The lowest BCUT2D eigenvalue weighted by Crippen LogP contribution is -2.26. The molecule has 5 heteroatoms. The van der Waals surface area contributed by atoms with Gasteiger partial charge in [0.25, 0.3) is 5.90 Å². The van der Waals surface area contributed by atoms with Gasteiger partial charge in [0, 0.05) is 17.9 Å². The Morgan fingerprint density at radius 2 is 2.26 bits per heavy atom. The molecule has 3 rings (SSSR count). The van der Waals surface area contributed by atoms with Crippen LogP contribution in [0.2, 0.25) is 0 Å². The van der Waals surface area contributed by atoms with Gasteiger partial charge in [0.1, 0.15) is 19.0 Å². The van der Waals surface area contributed by atoms with Crippen molar-refractivity contribution < 1.29 is 14.7 Å². The van der Waals surface area contributed by atoms with E-state index in [1.807, 2.05) is 13.0 Å². The molecule has 0 amide bonds. The predicted molar refractivity (Wildman–Crippen MR) is 88.3 cm³/mol. The Labute approximate surface area is 136 Å². The third kappa shape index (κ3) is 4.33. The van der Waals surface area contributed by atoms with E-state index in [0.29, 0.717) is 37.2 Å². The summed E-state index contributed by atoms with van der Waals surface area (Å²) < 4.78 is 5.48. The Morgan fingerprint density at radius 1 is 1.39 bits per heavy atom. The Hall–Kier alpha value is -2.32. The second kappa shape index (κ2) is 7.30. The fourth-order valence-corrected chi connectivity index (χ4v) is 2.26. The van der Waals surface area contributed by atoms with Gasteiger partial charge >= 0.3 is 0 Å². The van der Waals surface area contributed by atoms with Crippen LogP contribution in [0.3, 0.4) is 0 Å². The molecule has 0 saturated heterocycles. The molecule has 1 saturated carbocycles. The van der Waals surface area contributed by atoms with Crippen molar-refractivity contribution in [3.8, 4) is 11.8 Å². The lowest BCUT2D eigenvalue weighted by Gasteiger charge is -2.16. The summed E-state index contributed by atoms with van der Waals surface area (Å²) in [6.45, 7) is 2.61. The summed E-state index contributed by atoms with van der Waals surface area (Å²) in [5, 5.41) is 13.0. The normalized spacial score (nSPS) is 17.5. The molecule has 1 aliphatic heterocycles. The molecule has 1 aromatic rings. The van der Waals surface area contributed by atoms with E-state index in [4.69, 9.17) is 14.7 Å². The first-order valence-corrected chi connectivity index (χ1v) is 7.84. The van der Waals surface area contributed by atoms with Crippen molar-refractivity contribution in [2.24, 2.45) is 16.1 Å². The fourth-order valence-electron chi connectivity index (χ4n) is 2.26. The highest BCUT2D eigenvalue weighted by Crippen LogP contribution is 2.27. The van der Waals surface area contributed by atoms with Crippen molar-refractivity contribution in [1.82, 2.24) is 0 Å². The molecule has 0 radical (unpaired) electrons. The minimum absolute atomic E-state index is 0.308. The number of aliphatic hydroxyl groups excluding tert-OH is 1. The van der Waals surface area contributed by atoms with Crippen molar-refractivity contribution in [1.29, 1.82) is 0 Å². The van der Waals surface area contributed by atoms with Gasteiger partial charge in [-0.25, -0.2) is 0 Å². The molecule has 0 bridgehead atoms. The zero-order chi connectivity index (χ0) is 16.1. The summed E-state index contributed by atoms with van der Waals surface area (Å²) in [6.07, 6.45) is 2.96. The number of rotatable bonds is 4. The molecule has 1 N–H and O–H groups in total. The van der Waals surface area contributed by atoms with Crippen LogP contribution < -0.4 is 0 Å². The van der Waals surface area contributed by atoms with Gasteiger partial charge in [-0.05, 0) is 48.2 Å². The summed E-state index contributed by atoms with van der Waals surface area (Å²) in [5.41, 5.74) is 3.83. The van der Waals surface area contributed by atoms with Crippen molar-refractivity contribution in [2.75, 3.05) is 19.9 Å². The number of hydrogen-bond donors (Lipinski definition) is 1. The van der Waals surface area contributed by atoms with Gasteiger partial charge in [-0.15, -0.1) is 0 Å². The maximum atomic E-state index is 9.16. The predicted octanol–water partition coefficient (Wildman–Crippen LogP) is 2.05. The number of aliphatic imine (C=N–C) groups is 1. The molecule has 0 atom stereocenters. The quantitative estimate of drug-likeness (QED) is 0.683. The minimum Gasteiger partial charge on any atom is -0.471 e. The highest BCUT2D eigenvalue weighted by molar-refractivity contribution is 6.39. The summed E-state index contributed by atoms with van der Waals surface area (Å²) in [4.78, 5) is 9.15. The number of aryl methyl sites for hydroxylation is 1. The first-order chi connectivity index (χ1) is 11.3. The molecule has 1 aromatic carbocycles.